The summed E-state index contributed by atoms with van der Waals surface area (Å²) in [5, 5.41) is 15.8. The van der Waals surface area contributed by atoms with Crippen molar-refractivity contribution in [1.82, 2.24) is 19.1 Å². The average Bonchev–Trinajstić information content (AvgIpc) is 3.16. The molecule has 4 rings (SSSR count). The summed E-state index contributed by atoms with van der Waals surface area (Å²) in [5.74, 6) is 0.243. The SMILES string of the molecule is C/C(=N/Nc1nc2c(c(=O)[nH]c(=O)n2C)n1Cc1ccc(Cl)cc1)c1ccc([N+](=O)[O-])cc1. The zero-order valence-electron chi connectivity index (χ0n) is 17.6. The van der Waals surface area contributed by atoms with Crippen LogP contribution in [-0.2, 0) is 13.6 Å². The van der Waals surface area contributed by atoms with Crippen molar-refractivity contribution in [2.24, 2.45) is 12.1 Å². The van der Waals surface area contributed by atoms with Crippen LogP contribution in [0, 0.1) is 10.1 Å². The zero-order valence-corrected chi connectivity index (χ0v) is 18.3. The molecule has 0 aliphatic carbocycles. The number of halogens is 1. The van der Waals surface area contributed by atoms with Crippen molar-refractivity contribution in [3.8, 4) is 0 Å². The Morgan fingerprint density at radius 2 is 1.85 bits per heavy atom. The van der Waals surface area contributed by atoms with Crippen LogP contribution >= 0.6 is 11.6 Å². The van der Waals surface area contributed by atoms with Gasteiger partial charge in [-0.15, -0.1) is 0 Å². The fourth-order valence-electron chi connectivity index (χ4n) is 3.27. The van der Waals surface area contributed by atoms with E-state index in [1.54, 1.807) is 35.8 Å². The molecular formula is C21H18ClN7O4. The molecule has 168 valence electrons. The van der Waals surface area contributed by atoms with Crippen LogP contribution in [-0.4, -0.2) is 29.7 Å². The number of hydrogen-bond donors (Lipinski definition) is 2. The third-order valence-electron chi connectivity index (χ3n) is 5.08. The number of imidazole rings is 1. The monoisotopic (exact) mass is 467 g/mol. The summed E-state index contributed by atoms with van der Waals surface area (Å²) in [6.45, 7) is 1.99. The number of benzene rings is 2. The molecule has 33 heavy (non-hydrogen) atoms. The van der Waals surface area contributed by atoms with Crippen molar-refractivity contribution >= 4 is 40.1 Å². The number of aromatic nitrogens is 4. The van der Waals surface area contributed by atoms with Gasteiger partial charge in [0.1, 0.15) is 0 Å². The topological polar surface area (TPSA) is 140 Å². The van der Waals surface area contributed by atoms with Gasteiger partial charge in [-0.3, -0.25) is 29.0 Å². The molecule has 0 fully saturated rings. The summed E-state index contributed by atoms with van der Waals surface area (Å²) in [5.41, 5.74) is 4.14. The molecule has 2 aromatic heterocycles. The Hall–Kier alpha value is -4.25. The number of aryl methyl sites for hydroxylation is 1. The molecule has 0 radical (unpaired) electrons. The molecule has 4 aromatic rings. The average molecular weight is 468 g/mol. The highest BCUT2D eigenvalue weighted by Crippen LogP contribution is 2.19. The van der Waals surface area contributed by atoms with E-state index in [-0.39, 0.29) is 29.3 Å². The van der Waals surface area contributed by atoms with E-state index in [1.807, 2.05) is 12.1 Å². The number of aromatic amines is 1. The van der Waals surface area contributed by atoms with E-state index in [1.165, 1.54) is 23.7 Å². The van der Waals surface area contributed by atoms with E-state index in [0.29, 0.717) is 16.3 Å². The minimum atomic E-state index is -0.583. The lowest BCUT2D eigenvalue weighted by Gasteiger charge is -2.09. The van der Waals surface area contributed by atoms with Crippen LogP contribution in [0.3, 0.4) is 0 Å². The predicted octanol–water partition coefficient (Wildman–Crippen LogP) is 2.87. The van der Waals surface area contributed by atoms with E-state index < -0.39 is 16.2 Å². The summed E-state index contributed by atoms with van der Waals surface area (Å²) >= 11 is 5.97. The first-order valence-corrected chi connectivity index (χ1v) is 10.1. The van der Waals surface area contributed by atoms with Gasteiger partial charge < -0.3 is 0 Å². The van der Waals surface area contributed by atoms with Gasteiger partial charge in [0.15, 0.2) is 11.2 Å². The van der Waals surface area contributed by atoms with Gasteiger partial charge in [0.05, 0.1) is 17.2 Å². The second-order valence-corrected chi connectivity index (χ2v) is 7.69. The maximum atomic E-state index is 12.6. The molecular weight excluding hydrogens is 450 g/mol. The van der Waals surface area contributed by atoms with E-state index in [2.05, 4.69) is 20.5 Å². The van der Waals surface area contributed by atoms with Crippen molar-refractivity contribution in [3.63, 3.8) is 0 Å². The number of anilines is 1. The van der Waals surface area contributed by atoms with Gasteiger partial charge in [0.25, 0.3) is 11.2 Å². The Bertz CT molecular complexity index is 1500. The van der Waals surface area contributed by atoms with Gasteiger partial charge in [-0.1, -0.05) is 23.7 Å². The van der Waals surface area contributed by atoms with E-state index >= 15 is 0 Å². The molecule has 2 heterocycles. The number of H-pyrrole nitrogens is 1. The predicted molar refractivity (Wildman–Crippen MR) is 125 cm³/mol. The molecule has 0 aliphatic heterocycles. The molecule has 2 N–H and O–H groups in total. The number of non-ortho nitro benzene ring substituents is 1. The number of nitrogens with one attached hydrogen (secondary N) is 2. The Labute approximate surface area is 191 Å². The Morgan fingerprint density at radius 1 is 1.18 bits per heavy atom. The van der Waals surface area contributed by atoms with E-state index in [0.717, 1.165) is 5.56 Å². The fraction of sp³-hybridized carbons (Fsp3) is 0.143. The number of rotatable bonds is 6. The van der Waals surface area contributed by atoms with Gasteiger partial charge in [0.2, 0.25) is 5.95 Å². The first kappa shape index (κ1) is 22.0. The van der Waals surface area contributed by atoms with E-state index in [9.17, 15) is 19.7 Å². The lowest BCUT2D eigenvalue weighted by atomic mass is 10.1. The number of nitro benzene ring substituents is 1. The van der Waals surface area contributed by atoms with Crippen molar-refractivity contribution in [3.05, 3.63) is 95.6 Å². The van der Waals surface area contributed by atoms with Crippen LogP contribution in [0.15, 0.2) is 63.2 Å². The molecule has 0 saturated carbocycles. The van der Waals surface area contributed by atoms with Gasteiger partial charge in [0, 0.05) is 24.2 Å². The third-order valence-corrected chi connectivity index (χ3v) is 5.33. The van der Waals surface area contributed by atoms with Crippen LogP contribution in [0.4, 0.5) is 11.6 Å². The van der Waals surface area contributed by atoms with Crippen LogP contribution in [0.1, 0.15) is 18.1 Å². The fourth-order valence-corrected chi connectivity index (χ4v) is 3.39. The highest BCUT2D eigenvalue weighted by atomic mass is 35.5. The smallest absolute Gasteiger partial charge is 0.298 e. The highest BCUT2D eigenvalue weighted by Gasteiger charge is 2.18. The normalized spacial score (nSPS) is 11.7. The molecule has 0 aliphatic rings. The van der Waals surface area contributed by atoms with Crippen LogP contribution in [0.2, 0.25) is 5.02 Å². The summed E-state index contributed by atoms with van der Waals surface area (Å²) in [6.07, 6.45) is 0. The Balaban J connectivity index is 1.76. The Kier molecular flexibility index (Phi) is 5.80. The van der Waals surface area contributed by atoms with Crippen LogP contribution in [0.5, 0.6) is 0 Å². The molecule has 11 nitrogen and oxygen atoms in total. The quantitative estimate of drug-likeness (QED) is 0.254. The van der Waals surface area contributed by atoms with Crippen molar-refractivity contribution < 1.29 is 4.92 Å². The third kappa shape index (κ3) is 4.39. The van der Waals surface area contributed by atoms with Crippen molar-refractivity contribution in [2.75, 3.05) is 5.43 Å². The minimum Gasteiger partial charge on any atom is -0.298 e. The van der Waals surface area contributed by atoms with Gasteiger partial charge in [-0.05, 0) is 42.3 Å². The van der Waals surface area contributed by atoms with Crippen LogP contribution < -0.4 is 16.7 Å². The first-order chi connectivity index (χ1) is 15.7. The van der Waals surface area contributed by atoms with Gasteiger partial charge in [-0.25, -0.2) is 10.2 Å². The van der Waals surface area contributed by atoms with Crippen molar-refractivity contribution in [2.45, 2.75) is 13.5 Å². The molecule has 2 aromatic carbocycles. The van der Waals surface area contributed by atoms with Crippen LogP contribution in [0.25, 0.3) is 11.2 Å². The van der Waals surface area contributed by atoms with Gasteiger partial charge in [-0.2, -0.15) is 10.1 Å². The second-order valence-electron chi connectivity index (χ2n) is 7.25. The lowest BCUT2D eigenvalue weighted by molar-refractivity contribution is -0.384. The highest BCUT2D eigenvalue weighted by molar-refractivity contribution is 6.30. The Morgan fingerprint density at radius 3 is 2.48 bits per heavy atom. The molecule has 0 saturated heterocycles. The molecule has 0 bridgehead atoms. The summed E-state index contributed by atoms with van der Waals surface area (Å²) < 4.78 is 2.86. The summed E-state index contributed by atoms with van der Waals surface area (Å²) in [7, 11) is 1.51. The summed E-state index contributed by atoms with van der Waals surface area (Å²) in [4.78, 5) is 41.7. The maximum absolute atomic E-state index is 12.6. The molecule has 0 amide bonds. The minimum absolute atomic E-state index is 0.0237. The number of nitrogens with zero attached hydrogens (tertiary/aromatic N) is 5. The van der Waals surface area contributed by atoms with Crippen molar-refractivity contribution in [1.29, 1.82) is 0 Å². The maximum Gasteiger partial charge on any atom is 0.329 e. The second kappa shape index (κ2) is 8.71. The summed E-state index contributed by atoms with van der Waals surface area (Å²) in [6, 6.07) is 13.1. The first-order valence-electron chi connectivity index (χ1n) is 9.73. The standard InChI is InChI=1S/C21H18ClN7O4/c1-12(14-5-9-16(10-6-14)29(32)33)25-26-20-23-18-17(19(30)24-21(31)27(18)2)28(20)11-13-3-7-15(22)8-4-13/h3-10H,11H2,1-2H3,(H,23,26)(H,24,30,31)/b25-12-. The van der Waals surface area contributed by atoms with Gasteiger partial charge >= 0.3 is 5.69 Å². The number of fused-ring (bicyclic) bond motifs is 1. The molecule has 0 spiro atoms. The zero-order chi connectivity index (χ0) is 23.7. The molecule has 0 atom stereocenters. The molecule has 12 heteroatoms. The molecule has 0 unspecified atom stereocenters. The number of hydrazone groups is 1. The largest absolute Gasteiger partial charge is 0.329 e. The number of hydrogen-bond acceptors (Lipinski definition) is 7. The van der Waals surface area contributed by atoms with E-state index in [4.69, 9.17) is 11.6 Å². The lowest BCUT2D eigenvalue weighted by Crippen LogP contribution is -2.29. The number of nitro groups is 1.